The van der Waals surface area contributed by atoms with Crippen molar-refractivity contribution in [3.63, 3.8) is 0 Å². The number of ether oxygens (including phenoxy) is 1. The highest BCUT2D eigenvalue weighted by Crippen LogP contribution is 2.33. The first kappa shape index (κ1) is 15.5. The summed E-state index contributed by atoms with van der Waals surface area (Å²) in [5, 5.41) is 5.08. The van der Waals surface area contributed by atoms with Gasteiger partial charge in [0, 0.05) is 10.3 Å². The maximum Gasteiger partial charge on any atom is 0.341 e. The lowest BCUT2D eigenvalue weighted by Crippen LogP contribution is -2.15. The van der Waals surface area contributed by atoms with Crippen molar-refractivity contribution in [3.8, 4) is 0 Å². The predicted octanol–water partition coefficient (Wildman–Crippen LogP) is 2.83. The van der Waals surface area contributed by atoms with Gasteiger partial charge >= 0.3 is 5.97 Å². The van der Waals surface area contributed by atoms with E-state index in [0.717, 1.165) is 10.4 Å². The highest BCUT2D eigenvalue weighted by molar-refractivity contribution is 7.17. The van der Waals surface area contributed by atoms with Gasteiger partial charge in [-0.05, 0) is 26.3 Å². The van der Waals surface area contributed by atoms with Gasteiger partial charge in [-0.1, -0.05) is 0 Å². The summed E-state index contributed by atoms with van der Waals surface area (Å²) in [6.07, 6.45) is 0. The van der Waals surface area contributed by atoms with Gasteiger partial charge in [0.25, 0.3) is 5.91 Å². The summed E-state index contributed by atoms with van der Waals surface area (Å²) in [5.74, 6) is -0.831. The largest absolute Gasteiger partial charge is 0.462 e. The number of nitrogen functional groups attached to an aromatic ring is 1. The van der Waals surface area contributed by atoms with Crippen molar-refractivity contribution in [1.82, 2.24) is 4.98 Å². The second-order valence-corrected chi connectivity index (χ2v) is 6.35. The van der Waals surface area contributed by atoms with Crippen LogP contribution in [0, 0.1) is 13.8 Å². The van der Waals surface area contributed by atoms with E-state index in [1.165, 1.54) is 22.7 Å². The number of carbonyl (C=O) groups is 2. The zero-order valence-electron chi connectivity index (χ0n) is 11.9. The van der Waals surface area contributed by atoms with Gasteiger partial charge in [0.2, 0.25) is 0 Å². The van der Waals surface area contributed by atoms with Crippen molar-refractivity contribution in [1.29, 1.82) is 0 Å². The number of nitrogens with one attached hydrogen (secondary N) is 1. The standard InChI is InChI=1S/C13H15N3O3S2/c1-4-19-12(18)9-6(2)7(3)21-11(9)16-10(17)8-5-20-13(14)15-8/h5H,4H2,1-3H3,(H2,14,15)(H,16,17). The summed E-state index contributed by atoms with van der Waals surface area (Å²) in [6.45, 7) is 5.74. The molecule has 112 valence electrons. The lowest BCUT2D eigenvalue weighted by Gasteiger charge is -2.06. The van der Waals surface area contributed by atoms with E-state index in [2.05, 4.69) is 10.3 Å². The maximum absolute atomic E-state index is 12.1. The smallest absolute Gasteiger partial charge is 0.341 e. The number of hydrogen-bond donors (Lipinski definition) is 2. The molecule has 0 aromatic carbocycles. The molecule has 3 N–H and O–H groups in total. The number of anilines is 2. The van der Waals surface area contributed by atoms with Gasteiger partial charge in [0.15, 0.2) is 5.13 Å². The van der Waals surface area contributed by atoms with Crippen molar-refractivity contribution in [2.24, 2.45) is 0 Å². The molecule has 0 saturated heterocycles. The molecule has 0 spiro atoms. The minimum Gasteiger partial charge on any atom is -0.462 e. The second-order valence-electron chi connectivity index (χ2n) is 4.23. The van der Waals surface area contributed by atoms with Gasteiger partial charge in [-0.3, -0.25) is 4.79 Å². The minimum atomic E-state index is -0.438. The van der Waals surface area contributed by atoms with Crippen molar-refractivity contribution in [2.45, 2.75) is 20.8 Å². The van der Waals surface area contributed by atoms with Crippen LogP contribution in [0.1, 0.15) is 38.2 Å². The lowest BCUT2D eigenvalue weighted by molar-refractivity contribution is 0.0527. The lowest BCUT2D eigenvalue weighted by atomic mass is 10.1. The number of nitrogens with two attached hydrogens (primary N) is 1. The molecule has 0 aliphatic rings. The fourth-order valence-electron chi connectivity index (χ4n) is 1.72. The van der Waals surface area contributed by atoms with E-state index in [1.807, 2.05) is 13.8 Å². The summed E-state index contributed by atoms with van der Waals surface area (Å²) in [4.78, 5) is 29.0. The van der Waals surface area contributed by atoms with Crippen LogP contribution >= 0.6 is 22.7 Å². The summed E-state index contributed by atoms with van der Waals surface area (Å²) in [5.41, 5.74) is 6.95. The number of hydrogen-bond acceptors (Lipinski definition) is 7. The van der Waals surface area contributed by atoms with Crippen molar-refractivity contribution in [3.05, 3.63) is 27.1 Å². The molecule has 0 atom stereocenters. The molecule has 2 aromatic heterocycles. The Morgan fingerprint density at radius 1 is 1.43 bits per heavy atom. The van der Waals surface area contributed by atoms with E-state index in [9.17, 15) is 9.59 Å². The van der Waals surface area contributed by atoms with Crippen LogP contribution in [0.5, 0.6) is 0 Å². The summed E-state index contributed by atoms with van der Waals surface area (Å²) in [7, 11) is 0. The molecule has 2 rings (SSSR count). The first-order valence-corrected chi connectivity index (χ1v) is 7.93. The van der Waals surface area contributed by atoms with Crippen LogP contribution in [0.2, 0.25) is 0 Å². The summed E-state index contributed by atoms with van der Waals surface area (Å²) < 4.78 is 5.04. The van der Waals surface area contributed by atoms with Crippen molar-refractivity contribution < 1.29 is 14.3 Å². The van der Waals surface area contributed by atoms with Crippen LogP contribution in [0.4, 0.5) is 10.1 Å². The highest BCUT2D eigenvalue weighted by Gasteiger charge is 2.23. The molecule has 2 heterocycles. The van der Waals surface area contributed by atoms with Gasteiger partial charge in [-0.25, -0.2) is 9.78 Å². The van der Waals surface area contributed by atoms with E-state index in [0.29, 0.717) is 15.7 Å². The molecule has 2 aromatic rings. The van der Waals surface area contributed by atoms with Crippen LogP contribution < -0.4 is 11.1 Å². The number of nitrogens with zero attached hydrogens (tertiary/aromatic N) is 1. The fraction of sp³-hybridized carbons (Fsp3) is 0.308. The van der Waals surface area contributed by atoms with E-state index in [-0.39, 0.29) is 12.3 Å². The Morgan fingerprint density at radius 3 is 2.71 bits per heavy atom. The molecule has 0 saturated carbocycles. The van der Waals surface area contributed by atoms with Crippen molar-refractivity contribution >= 4 is 44.7 Å². The molecular weight excluding hydrogens is 310 g/mol. The Balaban J connectivity index is 2.29. The average molecular weight is 325 g/mol. The Labute approximate surface area is 130 Å². The molecule has 0 bridgehead atoms. The number of aromatic nitrogens is 1. The Kier molecular flexibility index (Phi) is 4.59. The van der Waals surface area contributed by atoms with E-state index in [4.69, 9.17) is 10.5 Å². The highest BCUT2D eigenvalue weighted by atomic mass is 32.1. The number of thiophene rings is 1. The normalized spacial score (nSPS) is 10.4. The van der Waals surface area contributed by atoms with Crippen LogP contribution in [0.3, 0.4) is 0 Å². The van der Waals surface area contributed by atoms with Gasteiger partial charge in [0.1, 0.15) is 10.7 Å². The molecular formula is C13H15N3O3S2. The summed E-state index contributed by atoms with van der Waals surface area (Å²) >= 11 is 2.52. The quantitative estimate of drug-likeness (QED) is 0.843. The Morgan fingerprint density at radius 2 is 2.14 bits per heavy atom. The van der Waals surface area contributed by atoms with Crippen molar-refractivity contribution in [2.75, 3.05) is 17.7 Å². The van der Waals surface area contributed by atoms with Gasteiger partial charge in [-0.2, -0.15) is 0 Å². The minimum absolute atomic E-state index is 0.232. The molecule has 0 fully saturated rings. The van der Waals surface area contributed by atoms with E-state index >= 15 is 0 Å². The third-order valence-electron chi connectivity index (χ3n) is 2.85. The van der Waals surface area contributed by atoms with E-state index in [1.54, 1.807) is 12.3 Å². The molecule has 0 radical (unpaired) electrons. The number of aryl methyl sites for hydroxylation is 1. The topological polar surface area (TPSA) is 94.3 Å². The molecule has 0 aliphatic heterocycles. The molecule has 21 heavy (non-hydrogen) atoms. The second kappa shape index (κ2) is 6.23. The number of carbonyl (C=O) groups excluding carboxylic acids is 2. The number of thiazole rings is 1. The third kappa shape index (κ3) is 3.22. The Hall–Kier alpha value is -1.93. The Bertz CT molecular complexity index is 691. The molecule has 1 amide bonds. The first-order chi connectivity index (χ1) is 9.93. The number of esters is 1. The summed E-state index contributed by atoms with van der Waals surface area (Å²) in [6, 6.07) is 0. The van der Waals surface area contributed by atoms with Gasteiger partial charge in [0.05, 0.1) is 12.2 Å². The maximum atomic E-state index is 12.1. The SMILES string of the molecule is CCOC(=O)c1c(NC(=O)c2csc(N)n2)sc(C)c1C. The molecule has 0 unspecified atom stereocenters. The van der Waals surface area contributed by atoms with Crippen LogP contribution in [0.15, 0.2) is 5.38 Å². The molecule has 6 nitrogen and oxygen atoms in total. The third-order valence-corrected chi connectivity index (χ3v) is 4.64. The number of rotatable bonds is 4. The van der Waals surface area contributed by atoms with Crippen LogP contribution in [-0.2, 0) is 4.74 Å². The predicted molar refractivity (Wildman–Crippen MR) is 84.2 cm³/mol. The fourth-order valence-corrected chi connectivity index (χ4v) is 3.31. The van der Waals surface area contributed by atoms with E-state index < -0.39 is 11.9 Å². The molecule has 0 aliphatic carbocycles. The first-order valence-electron chi connectivity index (χ1n) is 6.23. The zero-order chi connectivity index (χ0) is 15.6. The number of amides is 1. The van der Waals surface area contributed by atoms with Gasteiger partial charge in [-0.15, -0.1) is 22.7 Å². The van der Waals surface area contributed by atoms with Crippen LogP contribution in [0.25, 0.3) is 0 Å². The average Bonchev–Trinajstić information content (AvgIpc) is 2.95. The zero-order valence-corrected chi connectivity index (χ0v) is 13.5. The molecule has 8 heteroatoms. The van der Waals surface area contributed by atoms with Gasteiger partial charge < -0.3 is 15.8 Å². The monoisotopic (exact) mass is 325 g/mol. The van der Waals surface area contributed by atoms with Crippen LogP contribution in [-0.4, -0.2) is 23.5 Å².